The first kappa shape index (κ1) is 20.3. The van der Waals surface area contributed by atoms with Crippen molar-refractivity contribution < 1.29 is 28.7 Å². The van der Waals surface area contributed by atoms with Gasteiger partial charge in [0, 0.05) is 16.2 Å². The van der Waals surface area contributed by atoms with E-state index in [9.17, 15) is 19.2 Å². The molecule has 4 rings (SSSR count). The number of benzene rings is 2. The number of esters is 2. The van der Waals surface area contributed by atoms with Gasteiger partial charge in [-0.15, -0.1) is 0 Å². The smallest absolute Gasteiger partial charge is 0.341 e. The van der Waals surface area contributed by atoms with Gasteiger partial charge in [0.25, 0.3) is 0 Å². The zero-order valence-corrected chi connectivity index (χ0v) is 17.5. The molecule has 0 heterocycles. The SMILES string of the molecule is CCOC(=O)c1ccc2ccccc2c1OC(=O)C12CCC(C)(C(=O)C1=O)C2(C)C. The first-order valence-corrected chi connectivity index (χ1v) is 10.1. The maximum atomic E-state index is 13.5. The molecule has 2 fully saturated rings. The summed E-state index contributed by atoms with van der Waals surface area (Å²) in [6.07, 6.45) is 0.694. The Morgan fingerprint density at radius 3 is 2.30 bits per heavy atom. The number of carbonyl (C=O) groups excluding carboxylic acids is 4. The molecule has 6 heteroatoms. The van der Waals surface area contributed by atoms with E-state index < -0.39 is 39.8 Å². The highest BCUT2D eigenvalue weighted by Crippen LogP contribution is 2.69. The van der Waals surface area contributed by atoms with Crippen LogP contribution in [0, 0.1) is 16.2 Å². The van der Waals surface area contributed by atoms with Crippen molar-refractivity contribution in [3.8, 4) is 5.75 Å². The van der Waals surface area contributed by atoms with Crippen LogP contribution >= 0.6 is 0 Å². The highest BCUT2D eigenvalue weighted by atomic mass is 16.5. The lowest BCUT2D eigenvalue weighted by atomic mass is 9.65. The summed E-state index contributed by atoms with van der Waals surface area (Å²) in [7, 11) is 0. The Kier molecular flexibility index (Phi) is 4.38. The van der Waals surface area contributed by atoms with Crippen molar-refractivity contribution in [3.05, 3.63) is 42.0 Å². The summed E-state index contributed by atoms with van der Waals surface area (Å²) in [5.74, 6) is -2.55. The fourth-order valence-electron chi connectivity index (χ4n) is 5.12. The van der Waals surface area contributed by atoms with Crippen LogP contribution in [0.25, 0.3) is 10.8 Å². The van der Waals surface area contributed by atoms with Crippen LogP contribution in [0.15, 0.2) is 36.4 Å². The Morgan fingerprint density at radius 2 is 1.67 bits per heavy atom. The fraction of sp³-hybridized carbons (Fsp3) is 0.417. The number of hydrogen-bond donors (Lipinski definition) is 0. The summed E-state index contributed by atoms with van der Waals surface area (Å²) in [6, 6.07) is 10.5. The van der Waals surface area contributed by atoms with Crippen LogP contribution in [0.4, 0.5) is 0 Å². The van der Waals surface area contributed by atoms with Crippen molar-refractivity contribution in [1.29, 1.82) is 0 Å². The van der Waals surface area contributed by atoms with E-state index in [1.807, 2.05) is 12.1 Å². The molecule has 2 unspecified atom stereocenters. The molecule has 2 saturated carbocycles. The van der Waals surface area contributed by atoms with Gasteiger partial charge < -0.3 is 9.47 Å². The molecule has 0 radical (unpaired) electrons. The summed E-state index contributed by atoms with van der Waals surface area (Å²) in [5.41, 5.74) is -3.23. The summed E-state index contributed by atoms with van der Waals surface area (Å²) in [5, 5.41) is 1.33. The minimum absolute atomic E-state index is 0.0578. The molecule has 0 aromatic heterocycles. The van der Waals surface area contributed by atoms with Gasteiger partial charge in [-0.3, -0.25) is 14.4 Å². The predicted octanol–water partition coefficient (Wildman–Crippen LogP) is 3.89. The molecule has 2 aromatic rings. The van der Waals surface area contributed by atoms with Crippen molar-refractivity contribution in [2.75, 3.05) is 6.61 Å². The van der Waals surface area contributed by atoms with Crippen molar-refractivity contribution in [2.24, 2.45) is 16.2 Å². The standard InChI is InChI=1S/C24H24O6/c1-5-29-20(27)16-11-10-14-8-6-7-9-15(14)17(16)30-21(28)24-13-12-23(4,22(24,2)3)18(25)19(24)26/h6-11H,5,12-13H2,1-4H3. The third-order valence-corrected chi connectivity index (χ3v) is 7.46. The molecule has 2 bridgehead atoms. The molecule has 2 aliphatic carbocycles. The Bertz CT molecular complexity index is 1110. The monoisotopic (exact) mass is 408 g/mol. The maximum Gasteiger partial charge on any atom is 0.341 e. The summed E-state index contributed by atoms with van der Waals surface area (Å²) >= 11 is 0. The van der Waals surface area contributed by atoms with E-state index in [-0.39, 0.29) is 24.3 Å². The molecule has 2 atom stereocenters. The zero-order chi connectivity index (χ0) is 21.9. The van der Waals surface area contributed by atoms with E-state index in [2.05, 4.69) is 0 Å². The molecule has 6 nitrogen and oxygen atoms in total. The molecular formula is C24H24O6. The third kappa shape index (κ3) is 2.30. The van der Waals surface area contributed by atoms with E-state index >= 15 is 0 Å². The van der Waals surface area contributed by atoms with Gasteiger partial charge in [0.1, 0.15) is 11.0 Å². The van der Waals surface area contributed by atoms with Gasteiger partial charge in [-0.1, -0.05) is 51.1 Å². The van der Waals surface area contributed by atoms with E-state index in [0.717, 1.165) is 5.39 Å². The highest BCUT2D eigenvalue weighted by Gasteiger charge is 2.78. The topological polar surface area (TPSA) is 86.7 Å². The minimum Gasteiger partial charge on any atom is -0.462 e. The first-order chi connectivity index (χ1) is 14.1. The van der Waals surface area contributed by atoms with Crippen LogP contribution < -0.4 is 4.74 Å². The van der Waals surface area contributed by atoms with Gasteiger partial charge in [0.2, 0.25) is 11.6 Å². The van der Waals surface area contributed by atoms with Gasteiger partial charge in [-0.05, 0) is 31.2 Å². The molecule has 0 N–H and O–H groups in total. The molecule has 0 spiro atoms. The molecule has 30 heavy (non-hydrogen) atoms. The lowest BCUT2D eigenvalue weighted by Crippen LogP contribution is -2.47. The number of rotatable bonds is 4. The molecule has 2 aliphatic rings. The van der Waals surface area contributed by atoms with Crippen LogP contribution in [-0.4, -0.2) is 30.1 Å². The van der Waals surface area contributed by atoms with Crippen LogP contribution in [0.3, 0.4) is 0 Å². The third-order valence-electron chi connectivity index (χ3n) is 7.46. The number of hydrogen-bond acceptors (Lipinski definition) is 6. The molecule has 156 valence electrons. The lowest BCUT2D eigenvalue weighted by Gasteiger charge is -2.36. The number of fused-ring (bicyclic) bond motifs is 3. The number of ether oxygens (including phenoxy) is 2. The number of ketones is 2. The Labute approximate surface area is 174 Å². The summed E-state index contributed by atoms with van der Waals surface area (Å²) in [4.78, 5) is 51.8. The largest absolute Gasteiger partial charge is 0.462 e. The molecular weight excluding hydrogens is 384 g/mol. The van der Waals surface area contributed by atoms with Gasteiger partial charge in [0.05, 0.1) is 6.61 Å². The lowest BCUT2D eigenvalue weighted by molar-refractivity contribution is -0.157. The second-order valence-electron chi connectivity index (χ2n) is 8.79. The quantitative estimate of drug-likeness (QED) is 0.330. The molecule has 0 amide bonds. The zero-order valence-electron chi connectivity index (χ0n) is 17.5. The highest BCUT2D eigenvalue weighted by molar-refractivity contribution is 6.48. The Hall–Kier alpha value is -3.02. The van der Waals surface area contributed by atoms with E-state index in [4.69, 9.17) is 9.47 Å². The van der Waals surface area contributed by atoms with Crippen molar-refractivity contribution in [2.45, 2.75) is 40.5 Å². The number of Topliss-reactive ketones (excluding diaryl/α,β-unsaturated/α-hetero) is 2. The average Bonchev–Trinajstić information content (AvgIpc) is 2.99. The fourth-order valence-corrected chi connectivity index (χ4v) is 5.12. The molecule has 2 aromatic carbocycles. The average molecular weight is 408 g/mol. The first-order valence-electron chi connectivity index (χ1n) is 10.1. The maximum absolute atomic E-state index is 13.5. The minimum atomic E-state index is -1.55. The summed E-state index contributed by atoms with van der Waals surface area (Å²) in [6.45, 7) is 7.16. The van der Waals surface area contributed by atoms with Gasteiger partial charge in [-0.2, -0.15) is 0 Å². The van der Waals surface area contributed by atoms with Crippen LogP contribution in [0.2, 0.25) is 0 Å². The second kappa shape index (κ2) is 6.49. The molecule has 0 aliphatic heterocycles. The van der Waals surface area contributed by atoms with Gasteiger partial charge in [-0.25, -0.2) is 4.79 Å². The summed E-state index contributed by atoms with van der Waals surface area (Å²) < 4.78 is 10.9. The van der Waals surface area contributed by atoms with Crippen molar-refractivity contribution >= 4 is 34.3 Å². The van der Waals surface area contributed by atoms with Gasteiger partial charge >= 0.3 is 11.9 Å². The van der Waals surface area contributed by atoms with Crippen molar-refractivity contribution in [3.63, 3.8) is 0 Å². The predicted molar refractivity (Wildman–Crippen MR) is 109 cm³/mol. The van der Waals surface area contributed by atoms with Crippen molar-refractivity contribution in [1.82, 2.24) is 0 Å². The number of carbonyl (C=O) groups is 4. The van der Waals surface area contributed by atoms with Crippen LogP contribution in [-0.2, 0) is 19.1 Å². The van der Waals surface area contributed by atoms with E-state index in [0.29, 0.717) is 11.8 Å². The Morgan fingerprint density at radius 1 is 0.967 bits per heavy atom. The van der Waals surface area contributed by atoms with Gasteiger partial charge in [0.15, 0.2) is 5.75 Å². The van der Waals surface area contributed by atoms with E-state index in [1.54, 1.807) is 52.0 Å². The Balaban J connectivity index is 1.84. The van der Waals surface area contributed by atoms with E-state index in [1.165, 1.54) is 0 Å². The van der Waals surface area contributed by atoms with Crippen LogP contribution in [0.1, 0.15) is 50.9 Å². The normalized spacial score (nSPS) is 26.8. The molecule has 0 saturated heterocycles. The van der Waals surface area contributed by atoms with Crippen LogP contribution in [0.5, 0.6) is 5.75 Å². The second-order valence-corrected chi connectivity index (χ2v) is 8.79.